The van der Waals surface area contributed by atoms with Crippen LogP contribution < -0.4 is 5.32 Å². The summed E-state index contributed by atoms with van der Waals surface area (Å²) in [6.07, 6.45) is 0.807. The number of amides is 1. The van der Waals surface area contributed by atoms with Crippen molar-refractivity contribution in [2.45, 2.75) is 25.9 Å². The number of carbonyl (C=O) groups is 1. The van der Waals surface area contributed by atoms with E-state index in [0.29, 0.717) is 10.6 Å². The molecule has 130 valence electrons. The highest BCUT2D eigenvalue weighted by Gasteiger charge is 2.16. The molecule has 0 aliphatic carbocycles. The molecular formula is C17H17BrN4OS2. The molecule has 0 bridgehead atoms. The summed E-state index contributed by atoms with van der Waals surface area (Å²) in [6, 6.07) is 11.9. The molecule has 5 nitrogen and oxygen atoms in total. The highest BCUT2D eigenvalue weighted by Crippen LogP contribution is 2.23. The molecule has 1 amide bonds. The molecule has 1 atom stereocenters. The highest BCUT2D eigenvalue weighted by molar-refractivity contribution is 9.10. The van der Waals surface area contributed by atoms with E-state index in [-0.39, 0.29) is 18.5 Å². The lowest BCUT2D eigenvalue weighted by molar-refractivity contribution is -0.122. The first-order chi connectivity index (χ1) is 12.1. The van der Waals surface area contributed by atoms with Crippen LogP contribution >= 0.6 is 39.5 Å². The molecule has 0 fully saturated rings. The molecule has 1 unspecified atom stereocenters. The molecule has 25 heavy (non-hydrogen) atoms. The van der Waals surface area contributed by atoms with Gasteiger partial charge in [0.2, 0.25) is 5.91 Å². The minimum atomic E-state index is -0.0925. The summed E-state index contributed by atoms with van der Waals surface area (Å²) >= 11 is 10.3. The molecule has 0 spiro atoms. The van der Waals surface area contributed by atoms with Crippen molar-refractivity contribution < 1.29 is 4.79 Å². The van der Waals surface area contributed by atoms with Gasteiger partial charge in [0.15, 0.2) is 10.6 Å². The van der Waals surface area contributed by atoms with Crippen LogP contribution in [-0.4, -0.2) is 20.7 Å². The van der Waals surface area contributed by atoms with Crippen LogP contribution in [0.25, 0.3) is 10.7 Å². The average Bonchev–Trinajstić information content (AvgIpc) is 3.24. The van der Waals surface area contributed by atoms with E-state index in [1.165, 1.54) is 0 Å². The van der Waals surface area contributed by atoms with Crippen LogP contribution in [0, 0.1) is 4.77 Å². The lowest BCUT2D eigenvalue weighted by Gasteiger charge is -2.18. The number of aromatic nitrogens is 3. The summed E-state index contributed by atoms with van der Waals surface area (Å²) in [5.41, 5.74) is 1.08. The predicted octanol–water partition coefficient (Wildman–Crippen LogP) is 4.70. The molecule has 2 N–H and O–H groups in total. The monoisotopic (exact) mass is 436 g/mol. The quantitative estimate of drug-likeness (QED) is 0.550. The van der Waals surface area contributed by atoms with Gasteiger partial charge in [0.05, 0.1) is 10.9 Å². The zero-order chi connectivity index (χ0) is 17.8. The number of nitrogens with one attached hydrogen (secondary N) is 2. The Hall–Kier alpha value is -1.77. The van der Waals surface area contributed by atoms with Crippen molar-refractivity contribution in [2.75, 3.05) is 0 Å². The number of nitrogens with zero attached hydrogens (tertiary/aromatic N) is 2. The minimum Gasteiger partial charge on any atom is -0.348 e. The van der Waals surface area contributed by atoms with E-state index in [2.05, 4.69) is 31.4 Å². The fourth-order valence-corrected chi connectivity index (χ4v) is 3.74. The van der Waals surface area contributed by atoms with Gasteiger partial charge in [0.25, 0.3) is 0 Å². The van der Waals surface area contributed by atoms with Gasteiger partial charge >= 0.3 is 0 Å². The normalized spacial score (nSPS) is 12.1. The Morgan fingerprint density at radius 2 is 2.16 bits per heavy atom. The van der Waals surface area contributed by atoms with E-state index in [1.54, 1.807) is 15.9 Å². The molecule has 0 radical (unpaired) electrons. The van der Waals surface area contributed by atoms with Crippen molar-refractivity contribution in [3.8, 4) is 10.7 Å². The topological polar surface area (TPSA) is 62.7 Å². The van der Waals surface area contributed by atoms with Crippen LogP contribution in [0.4, 0.5) is 0 Å². The number of benzene rings is 1. The Bertz CT molecular complexity index is 900. The molecule has 0 aliphatic heterocycles. The van der Waals surface area contributed by atoms with Gasteiger partial charge < -0.3 is 5.32 Å². The molecule has 8 heteroatoms. The third kappa shape index (κ3) is 4.26. The Kier molecular flexibility index (Phi) is 5.82. The van der Waals surface area contributed by atoms with Crippen LogP contribution in [0.3, 0.4) is 0 Å². The molecule has 3 rings (SSSR count). The number of halogens is 1. The van der Waals surface area contributed by atoms with Gasteiger partial charge in [-0.1, -0.05) is 41.1 Å². The van der Waals surface area contributed by atoms with Crippen LogP contribution in [0.5, 0.6) is 0 Å². The summed E-state index contributed by atoms with van der Waals surface area (Å²) in [7, 11) is 0. The van der Waals surface area contributed by atoms with Crippen LogP contribution in [0.2, 0.25) is 0 Å². The largest absolute Gasteiger partial charge is 0.348 e. The smallest absolute Gasteiger partial charge is 0.240 e. The fraction of sp³-hybridized carbons (Fsp3) is 0.235. The van der Waals surface area contributed by atoms with Crippen LogP contribution in [0.1, 0.15) is 24.9 Å². The second-order valence-corrected chi connectivity index (χ2v) is 7.75. The molecule has 0 saturated heterocycles. The van der Waals surface area contributed by atoms with E-state index in [1.807, 2.05) is 48.7 Å². The second-order valence-electron chi connectivity index (χ2n) is 5.50. The lowest BCUT2D eigenvalue weighted by Crippen LogP contribution is -2.31. The van der Waals surface area contributed by atoms with E-state index in [0.717, 1.165) is 21.3 Å². The van der Waals surface area contributed by atoms with Gasteiger partial charge in [-0.2, -0.15) is 5.10 Å². The van der Waals surface area contributed by atoms with Crippen molar-refractivity contribution >= 4 is 45.4 Å². The van der Waals surface area contributed by atoms with Crippen LogP contribution in [-0.2, 0) is 11.3 Å². The van der Waals surface area contributed by atoms with Gasteiger partial charge in [-0.3, -0.25) is 14.5 Å². The maximum atomic E-state index is 12.6. The van der Waals surface area contributed by atoms with Crippen molar-refractivity contribution in [1.29, 1.82) is 0 Å². The fourth-order valence-electron chi connectivity index (χ4n) is 2.56. The van der Waals surface area contributed by atoms with E-state index >= 15 is 0 Å². The van der Waals surface area contributed by atoms with Gasteiger partial charge in [0.1, 0.15) is 6.54 Å². The second kappa shape index (κ2) is 8.07. The maximum absolute atomic E-state index is 12.6. The Morgan fingerprint density at radius 3 is 2.80 bits per heavy atom. The summed E-state index contributed by atoms with van der Waals surface area (Å²) in [5.74, 6) is 0.594. The summed E-state index contributed by atoms with van der Waals surface area (Å²) in [4.78, 5) is 13.5. The number of hydrogen-bond acceptors (Lipinski definition) is 4. The van der Waals surface area contributed by atoms with E-state index in [4.69, 9.17) is 12.2 Å². The molecular weight excluding hydrogens is 420 g/mol. The van der Waals surface area contributed by atoms with Gasteiger partial charge in [-0.05, 0) is 47.8 Å². The Morgan fingerprint density at radius 1 is 1.40 bits per heavy atom. The van der Waals surface area contributed by atoms with Crippen molar-refractivity contribution in [3.05, 3.63) is 56.6 Å². The first kappa shape index (κ1) is 18.0. The molecule has 1 aromatic carbocycles. The SMILES string of the molecule is CCC(NC(=O)Cn1c(-c2cccs2)n[nH]c1=S)c1ccc(Br)cc1. The lowest BCUT2D eigenvalue weighted by atomic mass is 10.0. The molecule has 3 aromatic rings. The van der Waals surface area contributed by atoms with Gasteiger partial charge in [0, 0.05) is 4.47 Å². The third-order valence-corrected chi connectivity index (χ3v) is 5.52. The Balaban J connectivity index is 1.75. The summed E-state index contributed by atoms with van der Waals surface area (Å²) < 4.78 is 3.18. The number of aromatic amines is 1. The first-order valence-corrected chi connectivity index (χ1v) is 9.90. The average molecular weight is 437 g/mol. The number of thiophene rings is 1. The highest BCUT2D eigenvalue weighted by atomic mass is 79.9. The van der Waals surface area contributed by atoms with Crippen molar-refractivity contribution in [1.82, 2.24) is 20.1 Å². The predicted molar refractivity (Wildman–Crippen MR) is 106 cm³/mol. The van der Waals surface area contributed by atoms with Gasteiger partial charge in [-0.25, -0.2) is 0 Å². The molecule has 2 aromatic heterocycles. The maximum Gasteiger partial charge on any atom is 0.240 e. The number of H-pyrrole nitrogens is 1. The standard InChI is InChI=1S/C17H17BrN4OS2/c1-2-13(11-5-7-12(18)8-6-11)19-15(23)10-22-16(20-21-17(22)24)14-4-3-9-25-14/h3-9,13H,2,10H2,1H3,(H,19,23)(H,21,24). The number of hydrogen-bond donors (Lipinski definition) is 2. The van der Waals surface area contributed by atoms with Crippen molar-refractivity contribution in [3.63, 3.8) is 0 Å². The number of carbonyl (C=O) groups excluding carboxylic acids is 1. The summed E-state index contributed by atoms with van der Waals surface area (Å²) in [6.45, 7) is 2.18. The molecule has 0 saturated carbocycles. The Labute approximate surface area is 163 Å². The van der Waals surface area contributed by atoms with Crippen LogP contribution in [0.15, 0.2) is 46.3 Å². The van der Waals surface area contributed by atoms with Gasteiger partial charge in [-0.15, -0.1) is 11.3 Å². The third-order valence-electron chi connectivity index (χ3n) is 3.82. The zero-order valence-corrected chi connectivity index (χ0v) is 16.7. The zero-order valence-electron chi connectivity index (χ0n) is 13.5. The molecule has 0 aliphatic rings. The molecule has 2 heterocycles. The van der Waals surface area contributed by atoms with E-state index in [9.17, 15) is 4.79 Å². The number of rotatable bonds is 6. The first-order valence-electron chi connectivity index (χ1n) is 7.82. The summed E-state index contributed by atoms with van der Waals surface area (Å²) in [5, 5.41) is 12.1. The van der Waals surface area contributed by atoms with Crippen molar-refractivity contribution in [2.24, 2.45) is 0 Å². The van der Waals surface area contributed by atoms with E-state index < -0.39 is 0 Å². The minimum absolute atomic E-state index is 0.0353.